The van der Waals surface area contributed by atoms with E-state index in [4.69, 9.17) is 9.15 Å². The molecule has 0 bridgehead atoms. The molecule has 2 aromatic carbocycles. The van der Waals surface area contributed by atoms with Crippen molar-refractivity contribution in [2.75, 3.05) is 19.0 Å². The number of nitrogens with one attached hydrogen (secondary N) is 1. The van der Waals surface area contributed by atoms with Crippen molar-refractivity contribution >= 4 is 17.3 Å². The molecule has 0 fully saturated rings. The number of carbonyl (C=O) groups excluding carboxylic acids is 1. The van der Waals surface area contributed by atoms with Crippen molar-refractivity contribution in [3.8, 4) is 5.75 Å². The molecule has 0 unspecified atom stereocenters. The number of benzene rings is 2. The Morgan fingerprint density at radius 3 is 2.64 bits per heavy atom. The van der Waals surface area contributed by atoms with Crippen LogP contribution in [0.4, 0.5) is 11.4 Å². The fraction of sp³-hybridized carbons (Fsp3) is 0.150. The Labute approximate surface area is 161 Å². The zero-order chi connectivity index (χ0) is 19.9. The highest BCUT2D eigenvalue weighted by Gasteiger charge is 2.22. The first-order chi connectivity index (χ1) is 13.6. The van der Waals surface area contributed by atoms with Gasteiger partial charge in [-0.15, -0.1) is 0 Å². The Morgan fingerprint density at radius 1 is 1.21 bits per heavy atom. The summed E-state index contributed by atoms with van der Waals surface area (Å²) in [5.41, 5.74) is 1.13. The molecule has 0 aliphatic rings. The summed E-state index contributed by atoms with van der Waals surface area (Å²) in [6.07, 6.45) is 1.59. The van der Waals surface area contributed by atoms with Crippen molar-refractivity contribution in [1.82, 2.24) is 0 Å². The van der Waals surface area contributed by atoms with Gasteiger partial charge in [-0.3, -0.25) is 14.9 Å². The minimum Gasteiger partial charge on any atom is -0.495 e. The van der Waals surface area contributed by atoms with Gasteiger partial charge in [-0.25, -0.2) is 0 Å². The third kappa shape index (κ3) is 4.54. The van der Waals surface area contributed by atoms with Gasteiger partial charge in [-0.2, -0.15) is 0 Å². The number of furan rings is 1. The maximum absolute atomic E-state index is 12.5. The predicted octanol–water partition coefficient (Wildman–Crippen LogP) is 2.49. The third-order valence-corrected chi connectivity index (χ3v) is 4.22. The number of quaternary nitrogens is 1. The van der Waals surface area contributed by atoms with Gasteiger partial charge in [-0.1, -0.05) is 30.3 Å². The molecule has 0 radical (unpaired) electrons. The Bertz CT molecular complexity index is 942. The van der Waals surface area contributed by atoms with Crippen molar-refractivity contribution in [2.24, 2.45) is 0 Å². The van der Waals surface area contributed by atoms with Gasteiger partial charge in [0.2, 0.25) is 0 Å². The minimum absolute atomic E-state index is 0.0894. The second-order valence-electron chi connectivity index (χ2n) is 6.03. The fourth-order valence-electron chi connectivity index (χ4n) is 2.88. The van der Waals surface area contributed by atoms with Crippen LogP contribution in [0.15, 0.2) is 71.3 Å². The molecule has 1 aromatic heterocycles. The lowest BCUT2D eigenvalue weighted by molar-refractivity contribution is -0.678. The van der Waals surface area contributed by atoms with Gasteiger partial charge in [0.15, 0.2) is 18.3 Å². The standard InChI is InChI=1S/C20H19N3O5/c1-27-17-10-9-15(23(25)26)12-16(17)22-19(24)13-21-20(18-8-5-11-28-18)14-6-3-2-4-7-14/h2-12,20-21H,13H2,1H3,(H,22,24)/p+1/t20-/m0/s1. The topological polar surface area (TPSA) is 111 Å². The van der Waals surface area contributed by atoms with Crippen LogP contribution < -0.4 is 15.4 Å². The van der Waals surface area contributed by atoms with Crippen LogP contribution >= 0.6 is 0 Å². The molecule has 0 spiro atoms. The molecule has 3 aromatic rings. The lowest BCUT2D eigenvalue weighted by Gasteiger charge is -2.14. The number of ether oxygens (including phenoxy) is 1. The van der Waals surface area contributed by atoms with E-state index in [-0.39, 0.29) is 29.9 Å². The van der Waals surface area contributed by atoms with Gasteiger partial charge in [0.1, 0.15) is 5.75 Å². The molecule has 1 amide bonds. The molecule has 8 nitrogen and oxygen atoms in total. The number of carbonyl (C=O) groups is 1. The monoisotopic (exact) mass is 382 g/mol. The van der Waals surface area contributed by atoms with Gasteiger partial charge in [0.05, 0.1) is 24.0 Å². The number of hydrogen-bond donors (Lipinski definition) is 2. The summed E-state index contributed by atoms with van der Waals surface area (Å²) < 4.78 is 10.7. The first-order valence-corrected chi connectivity index (χ1v) is 8.62. The predicted molar refractivity (Wildman–Crippen MR) is 102 cm³/mol. The zero-order valence-corrected chi connectivity index (χ0v) is 15.2. The maximum atomic E-state index is 12.5. The molecule has 28 heavy (non-hydrogen) atoms. The Kier molecular flexibility index (Phi) is 6.03. The molecule has 0 saturated carbocycles. The van der Waals surface area contributed by atoms with E-state index in [0.29, 0.717) is 5.75 Å². The van der Waals surface area contributed by atoms with E-state index >= 15 is 0 Å². The number of non-ortho nitro benzene ring substituents is 1. The summed E-state index contributed by atoms with van der Waals surface area (Å²) in [7, 11) is 1.44. The van der Waals surface area contributed by atoms with E-state index in [1.54, 1.807) is 12.3 Å². The summed E-state index contributed by atoms with van der Waals surface area (Å²) in [6, 6.07) is 17.2. The first-order valence-electron chi connectivity index (χ1n) is 8.62. The van der Waals surface area contributed by atoms with Crippen molar-refractivity contribution in [3.05, 3.63) is 88.4 Å². The number of hydrogen-bond acceptors (Lipinski definition) is 5. The molecule has 1 atom stereocenters. The molecular formula is C20H20N3O5+. The van der Waals surface area contributed by atoms with E-state index in [0.717, 1.165) is 11.3 Å². The van der Waals surface area contributed by atoms with Gasteiger partial charge in [0, 0.05) is 17.7 Å². The normalized spacial score (nSPS) is 11.6. The number of nitrogens with zero attached hydrogens (tertiary/aromatic N) is 1. The average Bonchev–Trinajstić information content (AvgIpc) is 3.23. The van der Waals surface area contributed by atoms with Crippen molar-refractivity contribution in [3.63, 3.8) is 0 Å². The molecule has 0 aliphatic carbocycles. The third-order valence-electron chi connectivity index (χ3n) is 4.22. The second kappa shape index (κ2) is 8.83. The molecule has 0 aliphatic heterocycles. The van der Waals surface area contributed by atoms with Crippen LogP contribution in [-0.4, -0.2) is 24.5 Å². The van der Waals surface area contributed by atoms with Gasteiger partial charge < -0.3 is 19.8 Å². The highest BCUT2D eigenvalue weighted by atomic mass is 16.6. The lowest BCUT2D eigenvalue weighted by atomic mass is 10.0. The quantitative estimate of drug-likeness (QED) is 0.459. The molecule has 3 rings (SSSR count). The molecular weight excluding hydrogens is 362 g/mol. The molecule has 3 N–H and O–H groups in total. The van der Waals surface area contributed by atoms with Crippen LogP contribution in [0.5, 0.6) is 5.75 Å². The molecule has 8 heteroatoms. The SMILES string of the molecule is COc1ccc([N+](=O)[O-])cc1NC(=O)C[NH2+][C@@H](c1ccccc1)c1ccco1. The number of nitrogens with two attached hydrogens (primary N) is 1. The largest absolute Gasteiger partial charge is 0.495 e. The summed E-state index contributed by atoms with van der Waals surface area (Å²) in [5.74, 6) is 0.766. The van der Waals surface area contributed by atoms with Crippen molar-refractivity contribution < 1.29 is 24.2 Å². The Balaban J connectivity index is 1.72. The van der Waals surface area contributed by atoms with E-state index in [1.807, 2.05) is 41.7 Å². The van der Waals surface area contributed by atoms with E-state index < -0.39 is 4.92 Å². The number of methoxy groups -OCH3 is 1. The number of nitro benzene ring substituents is 1. The van der Waals surface area contributed by atoms with Crippen LogP contribution in [0.1, 0.15) is 17.4 Å². The molecule has 0 saturated heterocycles. The van der Waals surface area contributed by atoms with Gasteiger partial charge in [-0.05, 0) is 18.2 Å². The second-order valence-corrected chi connectivity index (χ2v) is 6.03. The van der Waals surface area contributed by atoms with Crippen LogP contribution in [-0.2, 0) is 4.79 Å². The smallest absolute Gasteiger partial charge is 0.279 e. The Morgan fingerprint density at radius 2 is 2.00 bits per heavy atom. The van der Waals surface area contributed by atoms with E-state index in [2.05, 4.69) is 5.32 Å². The number of amides is 1. The number of anilines is 1. The highest BCUT2D eigenvalue weighted by molar-refractivity contribution is 5.93. The minimum atomic E-state index is -0.524. The summed E-state index contributed by atoms with van der Waals surface area (Å²) in [5, 5.41) is 15.5. The summed E-state index contributed by atoms with van der Waals surface area (Å²) >= 11 is 0. The zero-order valence-electron chi connectivity index (χ0n) is 15.2. The first kappa shape index (κ1) is 19.1. The lowest BCUT2D eigenvalue weighted by Crippen LogP contribution is -2.87. The van der Waals surface area contributed by atoms with Gasteiger partial charge >= 0.3 is 0 Å². The van der Waals surface area contributed by atoms with Crippen LogP contribution in [0, 0.1) is 10.1 Å². The Hall–Kier alpha value is -3.65. The fourth-order valence-corrected chi connectivity index (χ4v) is 2.88. The maximum Gasteiger partial charge on any atom is 0.279 e. The summed E-state index contributed by atoms with van der Waals surface area (Å²) in [4.78, 5) is 22.9. The molecule has 144 valence electrons. The van der Waals surface area contributed by atoms with Crippen LogP contribution in [0.25, 0.3) is 0 Å². The number of rotatable bonds is 8. The summed E-state index contributed by atoms with van der Waals surface area (Å²) in [6.45, 7) is 0.0894. The number of nitro groups is 1. The van der Waals surface area contributed by atoms with Crippen molar-refractivity contribution in [2.45, 2.75) is 6.04 Å². The van der Waals surface area contributed by atoms with Crippen LogP contribution in [0.2, 0.25) is 0 Å². The molecule has 1 heterocycles. The van der Waals surface area contributed by atoms with Gasteiger partial charge in [0.25, 0.3) is 11.6 Å². The van der Waals surface area contributed by atoms with E-state index in [9.17, 15) is 14.9 Å². The van der Waals surface area contributed by atoms with Crippen molar-refractivity contribution in [1.29, 1.82) is 0 Å². The van der Waals surface area contributed by atoms with E-state index in [1.165, 1.54) is 25.3 Å². The van der Waals surface area contributed by atoms with Crippen LogP contribution in [0.3, 0.4) is 0 Å². The average molecular weight is 382 g/mol. The highest BCUT2D eigenvalue weighted by Crippen LogP contribution is 2.28.